The highest BCUT2D eigenvalue weighted by molar-refractivity contribution is 7.91. The van der Waals surface area contributed by atoms with Crippen molar-refractivity contribution in [1.29, 1.82) is 0 Å². The van der Waals surface area contributed by atoms with Gasteiger partial charge in [0, 0.05) is 6.04 Å². The number of ether oxygens (including phenoxy) is 2. The van der Waals surface area contributed by atoms with Crippen molar-refractivity contribution >= 4 is 21.7 Å². The van der Waals surface area contributed by atoms with E-state index in [-0.39, 0.29) is 30.8 Å². The molecular weight excluding hydrogens is 322 g/mol. The summed E-state index contributed by atoms with van der Waals surface area (Å²) < 4.78 is 32.9. The Hall–Kier alpha value is -2.09. The molecule has 8 heteroatoms. The molecule has 0 aliphatic carbocycles. The third-order valence-electron chi connectivity index (χ3n) is 3.31. The Morgan fingerprint density at radius 3 is 2.78 bits per heavy atom. The maximum atomic E-state index is 11.8. The topological polar surface area (TPSA) is 98.8 Å². The van der Waals surface area contributed by atoms with Crippen molar-refractivity contribution in [3.05, 3.63) is 29.8 Å². The van der Waals surface area contributed by atoms with Gasteiger partial charge in [-0.3, -0.25) is 4.79 Å². The van der Waals surface area contributed by atoms with Crippen molar-refractivity contribution in [3.63, 3.8) is 0 Å². The molecule has 1 aliphatic heterocycles. The van der Waals surface area contributed by atoms with Gasteiger partial charge in [0.2, 0.25) is 0 Å². The molecule has 0 bridgehead atoms. The molecule has 7 nitrogen and oxygen atoms in total. The summed E-state index contributed by atoms with van der Waals surface area (Å²) in [5, 5.41) is 2.63. The van der Waals surface area contributed by atoms with Crippen LogP contribution in [0.1, 0.15) is 23.7 Å². The molecule has 1 N–H and O–H groups in total. The first-order chi connectivity index (χ1) is 10.9. The number of amides is 1. The Morgan fingerprint density at radius 2 is 2.13 bits per heavy atom. The van der Waals surface area contributed by atoms with Crippen molar-refractivity contribution in [2.45, 2.75) is 19.4 Å². The van der Waals surface area contributed by atoms with Crippen LogP contribution >= 0.6 is 0 Å². The lowest BCUT2D eigenvalue weighted by molar-refractivity contribution is -0.123. The van der Waals surface area contributed by atoms with Crippen LogP contribution in [0, 0.1) is 0 Å². The van der Waals surface area contributed by atoms with Crippen LogP contribution in [0.25, 0.3) is 0 Å². The van der Waals surface area contributed by atoms with Crippen LogP contribution in [-0.2, 0) is 19.4 Å². The van der Waals surface area contributed by atoms with Crippen molar-refractivity contribution in [2.75, 3.05) is 24.7 Å². The fourth-order valence-electron chi connectivity index (χ4n) is 2.25. The quantitative estimate of drug-likeness (QED) is 0.759. The molecule has 1 aromatic carbocycles. The summed E-state index contributed by atoms with van der Waals surface area (Å²) in [7, 11) is -3.04. The Balaban J connectivity index is 1.85. The standard InChI is InChI=1S/C15H19NO6S/c1-2-21-15(18)11-4-3-5-13(8-11)22-9-14(17)16-12-6-7-23(19,20)10-12/h3-5,8,12H,2,6-7,9-10H2,1H3,(H,16,17)/t12-/m0/s1. The highest BCUT2D eigenvalue weighted by Crippen LogP contribution is 2.15. The first-order valence-corrected chi connectivity index (χ1v) is 9.11. The van der Waals surface area contributed by atoms with Crippen molar-refractivity contribution in [2.24, 2.45) is 0 Å². The van der Waals surface area contributed by atoms with Gasteiger partial charge in [-0.15, -0.1) is 0 Å². The maximum Gasteiger partial charge on any atom is 0.338 e. The highest BCUT2D eigenvalue weighted by Gasteiger charge is 2.28. The van der Waals surface area contributed by atoms with Gasteiger partial charge in [0.1, 0.15) is 5.75 Å². The van der Waals surface area contributed by atoms with E-state index in [0.717, 1.165) is 0 Å². The van der Waals surface area contributed by atoms with Crippen LogP contribution in [0.3, 0.4) is 0 Å². The molecule has 1 amide bonds. The maximum absolute atomic E-state index is 11.8. The molecular formula is C15H19NO6S. The van der Waals surface area contributed by atoms with E-state index in [1.165, 1.54) is 6.07 Å². The molecule has 1 fully saturated rings. The number of hydrogen-bond donors (Lipinski definition) is 1. The summed E-state index contributed by atoms with van der Waals surface area (Å²) in [5.41, 5.74) is 0.339. The van der Waals surface area contributed by atoms with E-state index in [1.54, 1.807) is 25.1 Å². The van der Waals surface area contributed by atoms with Crippen LogP contribution in [0.15, 0.2) is 24.3 Å². The number of benzene rings is 1. The zero-order valence-electron chi connectivity index (χ0n) is 12.8. The third-order valence-corrected chi connectivity index (χ3v) is 5.08. The van der Waals surface area contributed by atoms with Gasteiger partial charge in [-0.05, 0) is 31.5 Å². The van der Waals surface area contributed by atoms with Crippen molar-refractivity contribution in [1.82, 2.24) is 5.32 Å². The number of carbonyl (C=O) groups excluding carboxylic acids is 2. The van der Waals surface area contributed by atoms with Crippen LogP contribution < -0.4 is 10.1 Å². The van der Waals surface area contributed by atoms with Gasteiger partial charge in [-0.1, -0.05) is 6.07 Å². The average Bonchev–Trinajstić information content (AvgIpc) is 2.84. The Kier molecular flexibility index (Phi) is 5.59. The fraction of sp³-hybridized carbons (Fsp3) is 0.467. The number of rotatable bonds is 6. The van der Waals surface area contributed by atoms with E-state index >= 15 is 0 Å². The number of esters is 1. The van der Waals surface area contributed by atoms with Crippen LogP contribution in [0.5, 0.6) is 5.75 Å². The molecule has 1 aromatic rings. The lowest BCUT2D eigenvalue weighted by Crippen LogP contribution is -2.38. The molecule has 126 valence electrons. The minimum Gasteiger partial charge on any atom is -0.484 e. The van der Waals surface area contributed by atoms with Gasteiger partial charge in [0.25, 0.3) is 5.91 Å². The Bertz CT molecular complexity index is 685. The number of sulfone groups is 1. The smallest absolute Gasteiger partial charge is 0.338 e. The molecule has 0 unspecified atom stereocenters. The van der Waals surface area contributed by atoms with Gasteiger partial charge >= 0.3 is 5.97 Å². The summed E-state index contributed by atoms with van der Waals surface area (Å²) >= 11 is 0. The molecule has 1 atom stereocenters. The second kappa shape index (κ2) is 7.45. The number of nitrogens with one attached hydrogen (secondary N) is 1. The van der Waals surface area contributed by atoms with Gasteiger partial charge in [-0.2, -0.15) is 0 Å². The largest absolute Gasteiger partial charge is 0.484 e. The summed E-state index contributed by atoms with van der Waals surface area (Å²) in [6.45, 7) is 1.74. The van der Waals surface area contributed by atoms with E-state index in [0.29, 0.717) is 17.7 Å². The van der Waals surface area contributed by atoms with E-state index < -0.39 is 21.7 Å². The van der Waals surface area contributed by atoms with E-state index in [4.69, 9.17) is 9.47 Å². The number of hydrogen-bond acceptors (Lipinski definition) is 6. The number of carbonyl (C=O) groups is 2. The van der Waals surface area contributed by atoms with Crippen molar-refractivity contribution < 1.29 is 27.5 Å². The molecule has 2 rings (SSSR count). The minimum absolute atomic E-state index is 0.0307. The zero-order chi connectivity index (χ0) is 16.9. The molecule has 0 radical (unpaired) electrons. The van der Waals surface area contributed by atoms with E-state index in [9.17, 15) is 18.0 Å². The lowest BCUT2D eigenvalue weighted by atomic mass is 10.2. The molecule has 1 aliphatic rings. The highest BCUT2D eigenvalue weighted by atomic mass is 32.2. The summed E-state index contributed by atoms with van der Waals surface area (Å²) in [4.78, 5) is 23.4. The van der Waals surface area contributed by atoms with Gasteiger partial charge in [0.05, 0.1) is 23.7 Å². The molecule has 1 heterocycles. The minimum atomic E-state index is -3.04. The van der Waals surface area contributed by atoms with E-state index in [1.807, 2.05) is 0 Å². The van der Waals surface area contributed by atoms with Crippen LogP contribution in [-0.4, -0.2) is 51.1 Å². The zero-order valence-corrected chi connectivity index (χ0v) is 13.6. The molecule has 23 heavy (non-hydrogen) atoms. The van der Waals surface area contributed by atoms with Gasteiger partial charge < -0.3 is 14.8 Å². The van der Waals surface area contributed by atoms with Gasteiger partial charge in [-0.25, -0.2) is 13.2 Å². The molecule has 0 spiro atoms. The second-order valence-electron chi connectivity index (χ2n) is 5.20. The lowest BCUT2D eigenvalue weighted by Gasteiger charge is -2.12. The molecule has 0 aromatic heterocycles. The Labute approximate surface area is 134 Å². The van der Waals surface area contributed by atoms with Crippen LogP contribution in [0.4, 0.5) is 0 Å². The first-order valence-electron chi connectivity index (χ1n) is 7.29. The first kappa shape index (κ1) is 17.3. The predicted octanol–water partition coefficient (Wildman–Crippen LogP) is 0.545. The van der Waals surface area contributed by atoms with Gasteiger partial charge in [0.15, 0.2) is 16.4 Å². The normalized spacial score (nSPS) is 19.1. The van der Waals surface area contributed by atoms with Crippen LogP contribution in [0.2, 0.25) is 0 Å². The second-order valence-corrected chi connectivity index (χ2v) is 7.43. The summed E-state index contributed by atoms with van der Waals surface area (Å²) in [5.74, 6) is -0.422. The molecule has 1 saturated heterocycles. The fourth-order valence-corrected chi connectivity index (χ4v) is 3.93. The average molecular weight is 341 g/mol. The SMILES string of the molecule is CCOC(=O)c1cccc(OCC(=O)N[C@H]2CCS(=O)(=O)C2)c1. The van der Waals surface area contributed by atoms with E-state index in [2.05, 4.69) is 5.32 Å². The summed E-state index contributed by atoms with van der Waals surface area (Å²) in [6, 6.07) is 5.97. The third kappa shape index (κ3) is 5.24. The molecule has 0 saturated carbocycles. The summed E-state index contributed by atoms with van der Waals surface area (Å²) in [6.07, 6.45) is 0.423. The monoisotopic (exact) mass is 341 g/mol. The Morgan fingerprint density at radius 1 is 1.35 bits per heavy atom. The van der Waals surface area contributed by atoms with Crippen molar-refractivity contribution in [3.8, 4) is 5.75 Å². The predicted molar refractivity (Wildman–Crippen MR) is 83.1 cm³/mol.